The van der Waals surface area contributed by atoms with Gasteiger partial charge in [-0.2, -0.15) is 0 Å². The molecule has 1 aromatic carbocycles. The van der Waals surface area contributed by atoms with Crippen LogP contribution in [-0.4, -0.2) is 37.2 Å². The molecule has 1 aliphatic rings. The van der Waals surface area contributed by atoms with Crippen LogP contribution < -0.4 is 10.1 Å². The van der Waals surface area contributed by atoms with Gasteiger partial charge in [0.15, 0.2) is 5.75 Å². The Hall–Kier alpha value is -0.450. The monoisotopic (exact) mass is 360 g/mol. The second-order valence-corrected chi connectivity index (χ2v) is 6.68. The van der Waals surface area contributed by atoms with Crippen molar-refractivity contribution >= 4 is 33.2 Å². The highest BCUT2D eigenvalue weighted by Crippen LogP contribution is 2.37. The van der Waals surface area contributed by atoms with E-state index < -0.39 is 0 Å². The maximum Gasteiger partial charge on any atom is 0.156 e. The van der Waals surface area contributed by atoms with Crippen LogP contribution in [0.25, 0.3) is 0 Å². The van der Waals surface area contributed by atoms with E-state index in [0.717, 1.165) is 35.3 Å². The Kier molecular flexibility index (Phi) is 5.58. The standard InChI is InChI=1S/C15H22BrClN2O/c1-4-20-15-13(16)8-11(17)9-14(15)18-12-5-6-19(3)10(2)7-12/h8-10,12,18H,4-7H2,1-3H3. The number of ether oxygens (including phenoxy) is 1. The van der Waals surface area contributed by atoms with Crippen LogP contribution >= 0.6 is 27.5 Å². The third-order valence-corrected chi connectivity index (χ3v) is 4.67. The van der Waals surface area contributed by atoms with E-state index in [1.165, 1.54) is 0 Å². The Morgan fingerprint density at radius 1 is 1.50 bits per heavy atom. The topological polar surface area (TPSA) is 24.5 Å². The molecule has 2 unspecified atom stereocenters. The Morgan fingerprint density at radius 2 is 2.25 bits per heavy atom. The van der Waals surface area contributed by atoms with Gasteiger partial charge < -0.3 is 15.0 Å². The quantitative estimate of drug-likeness (QED) is 0.860. The maximum atomic E-state index is 6.16. The molecule has 5 heteroatoms. The van der Waals surface area contributed by atoms with Crippen LogP contribution in [0.15, 0.2) is 16.6 Å². The minimum Gasteiger partial charge on any atom is -0.491 e. The number of anilines is 1. The van der Waals surface area contributed by atoms with Crippen molar-refractivity contribution in [3.05, 3.63) is 21.6 Å². The van der Waals surface area contributed by atoms with Crippen molar-refractivity contribution in [2.24, 2.45) is 0 Å². The summed E-state index contributed by atoms with van der Waals surface area (Å²) in [6.45, 7) is 6.01. The molecule has 0 bridgehead atoms. The van der Waals surface area contributed by atoms with Crippen molar-refractivity contribution in [2.75, 3.05) is 25.5 Å². The molecule has 1 fully saturated rings. The van der Waals surface area contributed by atoms with Crippen molar-refractivity contribution in [1.82, 2.24) is 4.90 Å². The fourth-order valence-electron chi connectivity index (χ4n) is 2.60. The Morgan fingerprint density at radius 3 is 2.90 bits per heavy atom. The third kappa shape index (κ3) is 3.80. The number of rotatable bonds is 4. The average Bonchev–Trinajstić information content (AvgIpc) is 2.38. The van der Waals surface area contributed by atoms with Crippen LogP contribution in [0.1, 0.15) is 26.7 Å². The number of piperidine rings is 1. The van der Waals surface area contributed by atoms with Crippen LogP contribution in [0, 0.1) is 0 Å². The van der Waals surface area contributed by atoms with Crippen molar-refractivity contribution in [3.63, 3.8) is 0 Å². The second kappa shape index (κ2) is 7.01. The molecular weight excluding hydrogens is 340 g/mol. The molecule has 0 amide bonds. The first kappa shape index (κ1) is 15.9. The highest BCUT2D eigenvalue weighted by atomic mass is 79.9. The Labute approximate surface area is 134 Å². The summed E-state index contributed by atoms with van der Waals surface area (Å²) in [7, 11) is 2.18. The molecule has 1 N–H and O–H groups in total. The molecule has 0 saturated carbocycles. The maximum absolute atomic E-state index is 6.16. The van der Waals surface area contributed by atoms with Gasteiger partial charge in [0.25, 0.3) is 0 Å². The lowest BCUT2D eigenvalue weighted by Crippen LogP contribution is -2.42. The highest BCUT2D eigenvalue weighted by molar-refractivity contribution is 9.10. The molecule has 20 heavy (non-hydrogen) atoms. The number of benzene rings is 1. The lowest BCUT2D eigenvalue weighted by atomic mass is 9.98. The summed E-state index contributed by atoms with van der Waals surface area (Å²) in [5.74, 6) is 0.850. The van der Waals surface area contributed by atoms with Crippen LogP contribution in [0.3, 0.4) is 0 Å². The minimum absolute atomic E-state index is 0.464. The summed E-state index contributed by atoms with van der Waals surface area (Å²) in [4.78, 5) is 2.40. The summed E-state index contributed by atoms with van der Waals surface area (Å²) < 4.78 is 6.63. The normalized spacial score (nSPS) is 23.6. The molecule has 2 rings (SSSR count). The summed E-state index contributed by atoms with van der Waals surface area (Å²) in [6, 6.07) is 4.88. The number of halogens is 2. The lowest BCUT2D eigenvalue weighted by molar-refractivity contribution is 0.190. The van der Waals surface area contributed by atoms with Gasteiger partial charge in [0.05, 0.1) is 16.8 Å². The summed E-state index contributed by atoms with van der Waals surface area (Å²) >= 11 is 9.69. The number of hydrogen-bond acceptors (Lipinski definition) is 3. The molecular formula is C15H22BrClN2O. The van der Waals surface area contributed by atoms with E-state index >= 15 is 0 Å². The molecule has 1 aliphatic heterocycles. The lowest BCUT2D eigenvalue weighted by Gasteiger charge is -2.36. The van der Waals surface area contributed by atoms with Gasteiger partial charge in [0, 0.05) is 23.7 Å². The van der Waals surface area contributed by atoms with Crippen molar-refractivity contribution < 1.29 is 4.74 Å². The van der Waals surface area contributed by atoms with E-state index in [9.17, 15) is 0 Å². The second-order valence-electron chi connectivity index (χ2n) is 5.39. The number of nitrogens with zero attached hydrogens (tertiary/aromatic N) is 1. The predicted octanol–water partition coefficient (Wildman–Crippen LogP) is 4.40. The first-order valence-corrected chi connectivity index (χ1v) is 8.27. The minimum atomic E-state index is 0.464. The number of hydrogen-bond donors (Lipinski definition) is 1. The highest BCUT2D eigenvalue weighted by Gasteiger charge is 2.23. The van der Waals surface area contributed by atoms with Gasteiger partial charge >= 0.3 is 0 Å². The average molecular weight is 362 g/mol. The summed E-state index contributed by atoms with van der Waals surface area (Å²) in [5, 5.41) is 4.31. The van der Waals surface area contributed by atoms with Gasteiger partial charge in [-0.15, -0.1) is 0 Å². The Bertz CT molecular complexity index is 469. The first-order valence-electron chi connectivity index (χ1n) is 7.09. The van der Waals surface area contributed by atoms with E-state index in [-0.39, 0.29) is 0 Å². The predicted molar refractivity (Wildman–Crippen MR) is 89.1 cm³/mol. The molecule has 0 spiro atoms. The van der Waals surface area contributed by atoms with E-state index in [0.29, 0.717) is 23.7 Å². The van der Waals surface area contributed by atoms with Crippen LogP contribution in [-0.2, 0) is 0 Å². The van der Waals surface area contributed by atoms with Crippen molar-refractivity contribution in [2.45, 2.75) is 38.8 Å². The molecule has 1 aromatic rings. The smallest absolute Gasteiger partial charge is 0.156 e. The number of nitrogens with one attached hydrogen (secondary N) is 1. The summed E-state index contributed by atoms with van der Waals surface area (Å²) in [5.41, 5.74) is 0.980. The Balaban J connectivity index is 2.16. The van der Waals surface area contributed by atoms with Gasteiger partial charge in [-0.25, -0.2) is 0 Å². The fourth-order valence-corrected chi connectivity index (χ4v) is 3.52. The van der Waals surface area contributed by atoms with Crippen LogP contribution in [0.4, 0.5) is 5.69 Å². The number of likely N-dealkylation sites (tertiary alicyclic amines) is 1. The molecule has 112 valence electrons. The largest absolute Gasteiger partial charge is 0.491 e. The third-order valence-electron chi connectivity index (χ3n) is 3.87. The molecule has 1 heterocycles. The van der Waals surface area contributed by atoms with E-state index in [1.807, 2.05) is 19.1 Å². The molecule has 0 aliphatic carbocycles. The van der Waals surface area contributed by atoms with Gasteiger partial charge in [-0.1, -0.05) is 11.6 Å². The zero-order chi connectivity index (χ0) is 14.7. The molecule has 0 radical (unpaired) electrons. The van der Waals surface area contributed by atoms with Gasteiger partial charge in [0.2, 0.25) is 0 Å². The zero-order valence-electron chi connectivity index (χ0n) is 12.2. The van der Waals surface area contributed by atoms with E-state index in [2.05, 4.69) is 40.1 Å². The molecule has 1 saturated heterocycles. The zero-order valence-corrected chi connectivity index (χ0v) is 14.6. The van der Waals surface area contributed by atoms with Gasteiger partial charge in [-0.3, -0.25) is 0 Å². The fraction of sp³-hybridized carbons (Fsp3) is 0.600. The van der Waals surface area contributed by atoms with E-state index in [1.54, 1.807) is 0 Å². The first-order chi connectivity index (χ1) is 9.51. The van der Waals surface area contributed by atoms with Crippen molar-refractivity contribution in [3.8, 4) is 5.75 Å². The van der Waals surface area contributed by atoms with Crippen LogP contribution in [0.5, 0.6) is 5.75 Å². The molecule has 0 aromatic heterocycles. The molecule has 2 atom stereocenters. The molecule has 3 nitrogen and oxygen atoms in total. The van der Waals surface area contributed by atoms with Gasteiger partial charge in [-0.05, 0) is 61.8 Å². The van der Waals surface area contributed by atoms with Crippen molar-refractivity contribution in [1.29, 1.82) is 0 Å². The summed E-state index contributed by atoms with van der Waals surface area (Å²) in [6.07, 6.45) is 2.27. The van der Waals surface area contributed by atoms with Crippen LogP contribution in [0.2, 0.25) is 5.02 Å². The SMILES string of the molecule is CCOc1c(Br)cc(Cl)cc1NC1CCN(C)C(C)C1. The van der Waals surface area contributed by atoms with Gasteiger partial charge in [0.1, 0.15) is 0 Å². The van der Waals surface area contributed by atoms with E-state index in [4.69, 9.17) is 16.3 Å².